The van der Waals surface area contributed by atoms with Gasteiger partial charge in [-0.3, -0.25) is 4.98 Å². The van der Waals surface area contributed by atoms with Gasteiger partial charge in [-0.1, -0.05) is 66.7 Å². The standard InChI is InChI=1S/C19H14FN/c20-17-12-13-21-19(14-17)18-9-5-4-8-16(18)11-10-15-6-2-1-3-7-15/h1-14H/b11-10+. The van der Waals surface area contributed by atoms with Gasteiger partial charge >= 0.3 is 0 Å². The molecule has 2 aromatic carbocycles. The number of hydrogen-bond donors (Lipinski definition) is 0. The predicted octanol–water partition coefficient (Wildman–Crippen LogP) is 5.06. The van der Waals surface area contributed by atoms with E-state index in [2.05, 4.69) is 4.98 Å². The Morgan fingerprint density at radius 2 is 1.57 bits per heavy atom. The van der Waals surface area contributed by atoms with Crippen LogP contribution in [0, 0.1) is 5.82 Å². The van der Waals surface area contributed by atoms with Gasteiger partial charge < -0.3 is 0 Å². The lowest BCUT2D eigenvalue weighted by atomic mass is 10.0. The molecule has 0 radical (unpaired) electrons. The smallest absolute Gasteiger partial charge is 0.126 e. The van der Waals surface area contributed by atoms with Gasteiger partial charge in [-0.2, -0.15) is 0 Å². The molecule has 0 saturated heterocycles. The fourth-order valence-electron chi connectivity index (χ4n) is 2.18. The lowest BCUT2D eigenvalue weighted by Gasteiger charge is -2.05. The van der Waals surface area contributed by atoms with Crippen LogP contribution in [0.15, 0.2) is 72.9 Å². The molecule has 0 atom stereocenters. The number of hydrogen-bond acceptors (Lipinski definition) is 1. The molecule has 0 aliphatic carbocycles. The van der Waals surface area contributed by atoms with Gasteiger partial charge in [0.05, 0.1) is 5.69 Å². The number of benzene rings is 2. The molecule has 21 heavy (non-hydrogen) atoms. The van der Waals surface area contributed by atoms with Crippen LogP contribution in [-0.4, -0.2) is 4.98 Å². The quantitative estimate of drug-likeness (QED) is 0.609. The lowest BCUT2D eigenvalue weighted by Crippen LogP contribution is -1.87. The number of nitrogens with zero attached hydrogens (tertiary/aromatic N) is 1. The zero-order valence-corrected chi connectivity index (χ0v) is 11.4. The summed E-state index contributed by atoms with van der Waals surface area (Å²) in [6, 6.07) is 20.7. The van der Waals surface area contributed by atoms with Crippen molar-refractivity contribution in [1.82, 2.24) is 4.98 Å². The predicted molar refractivity (Wildman–Crippen MR) is 85.0 cm³/mol. The van der Waals surface area contributed by atoms with Crippen molar-refractivity contribution >= 4 is 12.2 Å². The van der Waals surface area contributed by atoms with Gasteiger partial charge in [-0.25, -0.2) is 4.39 Å². The summed E-state index contributed by atoms with van der Waals surface area (Å²) < 4.78 is 13.4. The first-order valence-electron chi connectivity index (χ1n) is 6.77. The Morgan fingerprint density at radius 1 is 0.810 bits per heavy atom. The second kappa shape index (κ2) is 6.14. The third kappa shape index (κ3) is 3.23. The fourth-order valence-corrected chi connectivity index (χ4v) is 2.18. The summed E-state index contributed by atoms with van der Waals surface area (Å²) in [5.74, 6) is -0.276. The summed E-state index contributed by atoms with van der Waals surface area (Å²) in [7, 11) is 0. The van der Waals surface area contributed by atoms with Gasteiger partial charge in [0, 0.05) is 17.8 Å². The fraction of sp³-hybridized carbons (Fsp3) is 0. The van der Waals surface area contributed by atoms with Crippen LogP contribution < -0.4 is 0 Å². The highest BCUT2D eigenvalue weighted by molar-refractivity contribution is 5.79. The van der Waals surface area contributed by atoms with E-state index in [0.717, 1.165) is 16.7 Å². The molecule has 3 rings (SSSR count). The van der Waals surface area contributed by atoms with Crippen molar-refractivity contribution in [1.29, 1.82) is 0 Å². The number of pyridine rings is 1. The summed E-state index contributed by atoms with van der Waals surface area (Å²) in [5, 5.41) is 0. The molecule has 1 aromatic heterocycles. The normalized spacial score (nSPS) is 10.9. The molecule has 0 unspecified atom stereocenters. The van der Waals surface area contributed by atoms with Gasteiger partial charge in [-0.15, -0.1) is 0 Å². The highest BCUT2D eigenvalue weighted by atomic mass is 19.1. The second-order valence-corrected chi connectivity index (χ2v) is 4.69. The molecule has 102 valence electrons. The minimum Gasteiger partial charge on any atom is -0.256 e. The molecule has 0 N–H and O–H groups in total. The van der Waals surface area contributed by atoms with Gasteiger partial charge in [-0.05, 0) is 17.2 Å². The average molecular weight is 275 g/mol. The molecule has 1 heterocycles. The Hall–Kier alpha value is -2.74. The van der Waals surface area contributed by atoms with E-state index >= 15 is 0 Å². The summed E-state index contributed by atoms with van der Waals surface area (Å²) in [6.07, 6.45) is 5.55. The Morgan fingerprint density at radius 3 is 2.38 bits per heavy atom. The largest absolute Gasteiger partial charge is 0.256 e. The second-order valence-electron chi connectivity index (χ2n) is 4.69. The van der Waals surface area contributed by atoms with Gasteiger partial charge in [0.2, 0.25) is 0 Å². The van der Waals surface area contributed by atoms with Crippen LogP contribution in [0.2, 0.25) is 0 Å². The molecular weight excluding hydrogens is 261 g/mol. The zero-order valence-electron chi connectivity index (χ0n) is 11.4. The monoisotopic (exact) mass is 275 g/mol. The molecule has 0 aliphatic rings. The SMILES string of the molecule is Fc1ccnc(-c2ccccc2/C=C/c2ccccc2)c1. The summed E-state index contributed by atoms with van der Waals surface area (Å²) in [6.45, 7) is 0. The van der Waals surface area contributed by atoms with Crippen molar-refractivity contribution in [2.45, 2.75) is 0 Å². The zero-order chi connectivity index (χ0) is 14.5. The van der Waals surface area contributed by atoms with Crippen molar-refractivity contribution in [3.8, 4) is 11.3 Å². The van der Waals surface area contributed by atoms with E-state index in [1.165, 1.54) is 18.3 Å². The molecule has 0 bridgehead atoms. The molecule has 2 heteroatoms. The lowest BCUT2D eigenvalue weighted by molar-refractivity contribution is 0.626. The molecule has 3 aromatic rings. The molecule has 0 saturated carbocycles. The van der Waals surface area contributed by atoms with Crippen LogP contribution in [0.1, 0.15) is 11.1 Å². The summed E-state index contributed by atoms with van der Waals surface area (Å²) in [5.41, 5.74) is 3.70. The Balaban J connectivity index is 1.99. The molecular formula is C19H14FN. The average Bonchev–Trinajstić information content (AvgIpc) is 2.54. The van der Waals surface area contributed by atoms with E-state index in [1.807, 2.05) is 66.7 Å². The highest BCUT2D eigenvalue weighted by Gasteiger charge is 2.04. The van der Waals surface area contributed by atoms with Crippen molar-refractivity contribution in [2.75, 3.05) is 0 Å². The molecule has 0 amide bonds. The topological polar surface area (TPSA) is 12.9 Å². The first kappa shape index (κ1) is 13.3. The maximum absolute atomic E-state index is 13.4. The number of rotatable bonds is 3. The third-order valence-corrected chi connectivity index (χ3v) is 3.21. The minimum atomic E-state index is -0.276. The van der Waals surface area contributed by atoms with E-state index in [0.29, 0.717) is 5.69 Å². The summed E-state index contributed by atoms with van der Waals surface area (Å²) >= 11 is 0. The van der Waals surface area contributed by atoms with Gasteiger partial charge in [0.25, 0.3) is 0 Å². The van der Waals surface area contributed by atoms with E-state index < -0.39 is 0 Å². The third-order valence-electron chi connectivity index (χ3n) is 3.21. The highest BCUT2D eigenvalue weighted by Crippen LogP contribution is 2.24. The van der Waals surface area contributed by atoms with Crippen molar-refractivity contribution in [3.63, 3.8) is 0 Å². The first-order valence-corrected chi connectivity index (χ1v) is 6.77. The molecule has 0 aliphatic heterocycles. The van der Waals surface area contributed by atoms with Crippen LogP contribution in [0.5, 0.6) is 0 Å². The number of halogens is 1. The van der Waals surface area contributed by atoms with Crippen LogP contribution in [-0.2, 0) is 0 Å². The first-order chi connectivity index (χ1) is 10.3. The summed E-state index contributed by atoms with van der Waals surface area (Å²) in [4.78, 5) is 4.25. The van der Waals surface area contributed by atoms with Crippen molar-refractivity contribution in [2.24, 2.45) is 0 Å². The van der Waals surface area contributed by atoms with Crippen molar-refractivity contribution < 1.29 is 4.39 Å². The van der Waals surface area contributed by atoms with Crippen molar-refractivity contribution in [3.05, 3.63) is 89.9 Å². The van der Waals surface area contributed by atoms with Crippen LogP contribution in [0.4, 0.5) is 4.39 Å². The Labute approximate surface area is 123 Å². The molecule has 0 fully saturated rings. The van der Waals surface area contributed by atoms with E-state index in [4.69, 9.17) is 0 Å². The molecule has 1 nitrogen and oxygen atoms in total. The van der Waals surface area contributed by atoms with E-state index in [-0.39, 0.29) is 5.82 Å². The van der Waals surface area contributed by atoms with Gasteiger partial charge in [0.1, 0.15) is 5.82 Å². The molecule has 0 spiro atoms. The minimum absolute atomic E-state index is 0.276. The Bertz CT molecular complexity index is 763. The van der Waals surface area contributed by atoms with Gasteiger partial charge in [0.15, 0.2) is 0 Å². The Kier molecular flexibility index (Phi) is 3.88. The maximum atomic E-state index is 13.4. The van der Waals surface area contributed by atoms with Crippen LogP contribution in [0.3, 0.4) is 0 Å². The van der Waals surface area contributed by atoms with Crippen LogP contribution >= 0.6 is 0 Å². The van der Waals surface area contributed by atoms with Crippen LogP contribution in [0.25, 0.3) is 23.4 Å². The number of aromatic nitrogens is 1. The van der Waals surface area contributed by atoms with E-state index in [1.54, 1.807) is 0 Å². The van der Waals surface area contributed by atoms with E-state index in [9.17, 15) is 4.39 Å². The maximum Gasteiger partial charge on any atom is 0.126 e.